The van der Waals surface area contributed by atoms with Gasteiger partial charge in [0.05, 0.1) is 5.69 Å². The summed E-state index contributed by atoms with van der Waals surface area (Å²) in [5.41, 5.74) is 0.0894. The molecule has 3 amide bonds. The van der Waals surface area contributed by atoms with Crippen molar-refractivity contribution in [3.05, 3.63) is 17.3 Å². The second-order valence-electron chi connectivity index (χ2n) is 4.96. The summed E-state index contributed by atoms with van der Waals surface area (Å²) in [7, 11) is 0. The number of carbonyl (C=O) groups excluding carboxylic acids is 2. The topological polar surface area (TPSA) is 75.4 Å². The van der Waals surface area contributed by atoms with E-state index in [4.69, 9.17) is 4.42 Å². The summed E-state index contributed by atoms with van der Waals surface area (Å²) in [6.45, 7) is 3.75. The van der Waals surface area contributed by atoms with E-state index in [0.717, 1.165) is 11.4 Å². The lowest BCUT2D eigenvalue weighted by Gasteiger charge is -2.18. The van der Waals surface area contributed by atoms with E-state index in [1.165, 1.54) is 4.90 Å². The predicted molar refractivity (Wildman–Crippen MR) is 69.7 cm³/mol. The van der Waals surface area contributed by atoms with Crippen LogP contribution < -0.4 is 5.32 Å². The van der Waals surface area contributed by atoms with Crippen molar-refractivity contribution in [3.63, 3.8) is 0 Å². The number of urea groups is 1. The highest BCUT2D eigenvalue weighted by Crippen LogP contribution is 2.33. The Bertz CT molecular complexity index is 529. The van der Waals surface area contributed by atoms with Gasteiger partial charge >= 0.3 is 6.03 Å². The smallest absolute Gasteiger partial charge is 0.325 e. The summed E-state index contributed by atoms with van der Waals surface area (Å²) in [5, 5.41) is 2.82. The van der Waals surface area contributed by atoms with Gasteiger partial charge < -0.3 is 9.73 Å². The lowest BCUT2D eigenvalue weighted by atomic mass is 9.99. The van der Waals surface area contributed by atoms with Crippen molar-refractivity contribution in [3.8, 4) is 0 Å². The summed E-state index contributed by atoms with van der Waals surface area (Å²) < 4.78 is 5.43. The number of nitrogens with one attached hydrogen (secondary N) is 1. The van der Waals surface area contributed by atoms with Crippen LogP contribution in [0.5, 0.6) is 0 Å². The zero-order valence-electron chi connectivity index (χ0n) is 10.9. The Labute approximate surface area is 114 Å². The highest BCUT2D eigenvalue weighted by Gasteiger charge is 2.53. The number of hydrogen-bond acceptors (Lipinski definition) is 5. The molecule has 102 valence electrons. The lowest BCUT2D eigenvalue weighted by molar-refractivity contribution is -0.131. The zero-order chi connectivity index (χ0) is 13.6. The summed E-state index contributed by atoms with van der Waals surface area (Å²) in [5.74, 6) is 2.51. The number of aromatic nitrogens is 1. The molecule has 2 saturated heterocycles. The van der Waals surface area contributed by atoms with Crippen molar-refractivity contribution in [2.24, 2.45) is 0 Å². The fraction of sp³-hybridized carbons (Fsp3) is 0.583. The third-order valence-electron chi connectivity index (χ3n) is 3.63. The third-order valence-corrected chi connectivity index (χ3v) is 4.82. The van der Waals surface area contributed by atoms with Crippen LogP contribution in [0.4, 0.5) is 4.79 Å². The molecule has 1 aromatic rings. The maximum Gasteiger partial charge on any atom is 0.325 e. The number of rotatable bonds is 2. The normalized spacial score (nSPS) is 26.5. The van der Waals surface area contributed by atoms with E-state index in [0.29, 0.717) is 23.8 Å². The van der Waals surface area contributed by atoms with Crippen LogP contribution in [-0.4, -0.2) is 38.9 Å². The second-order valence-corrected chi connectivity index (χ2v) is 6.06. The van der Waals surface area contributed by atoms with Crippen molar-refractivity contribution >= 4 is 23.7 Å². The molecule has 19 heavy (non-hydrogen) atoms. The molecule has 6 nitrogen and oxygen atoms in total. The van der Waals surface area contributed by atoms with Gasteiger partial charge in [-0.05, 0) is 26.0 Å². The molecule has 1 spiro atoms. The molecule has 0 radical (unpaired) electrons. The van der Waals surface area contributed by atoms with Crippen molar-refractivity contribution in [2.45, 2.75) is 32.4 Å². The molecule has 1 unspecified atom stereocenters. The highest BCUT2D eigenvalue weighted by atomic mass is 32.2. The van der Waals surface area contributed by atoms with Crippen molar-refractivity contribution in [2.75, 3.05) is 11.5 Å². The van der Waals surface area contributed by atoms with E-state index >= 15 is 0 Å². The predicted octanol–water partition coefficient (Wildman–Crippen LogP) is 1.22. The summed E-state index contributed by atoms with van der Waals surface area (Å²) in [6, 6.07) is -0.346. The van der Waals surface area contributed by atoms with E-state index in [-0.39, 0.29) is 18.5 Å². The fourth-order valence-corrected chi connectivity index (χ4v) is 3.72. The molecule has 3 heterocycles. The van der Waals surface area contributed by atoms with Gasteiger partial charge in [-0.25, -0.2) is 9.78 Å². The summed E-state index contributed by atoms with van der Waals surface area (Å²) in [6.07, 6.45) is 0.697. The largest absolute Gasteiger partial charge is 0.444 e. The van der Waals surface area contributed by atoms with Crippen molar-refractivity contribution < 1.29 is 14.0 Å². The van der Waals surface area contributed by atoms with Crippen LogP contribution >= 0.6 is 11.8 Å². The first-order valence-electron chi connectivity index (χ1n) is 6.17. The van der Waals surface area contributed by atoms with Crippen LogP contribution in [0.3, 0.4) is 0 Å². The number of imide groups is 1. The van der Waals surface area contributed by atoms with Crippen LogP contribution in [0.1, 0.15) is 23.8 Å². The van der Waals surface area contributed by atoms with Gasteiger partial charge in [0.25, 0.3) is 5.91 Å². The second kappa shape index (κ2) is 4.26. The van der Waals surface area contributed by atoms with Gasteiger partial charge in [0.1, 0.15) is 17.8 Å². The lowest BCUT2D eigenvalue weighted by Crippen LogP contribution is -2.46. The zero-order valence-corrected chi connectivity index (χ0v) is 11.7. The first-order chi connectivity index (χ1) is 9.02. The van der Waals surface area contributed by atoms with E-state index < -0.39 is 5.54 Å². The molecule has 1 aromatic heterocycles. The van der Waals surface area contributed by atoms with Crippen LogP contribution in [0.25, 0.3) is 0 Å². The molecule has 3 rings (SSSR count). The minimum atomic E-state index is -0.696. The maximum absolute atomic E-state index is 12.4. The van der Waals surface area contributed by atoms with E-state index in [1.54, 1.807) is 11.8 Å². The average Bonchev–Trinajstić information content (AvgIpc) is 2.99. The van der Waals surface area contributed by atoms with Crippen LogP contribution in [0.15, 0.2) is 4.42 Å². The molecule has 1 N–H and O–H groups in total. The number of carbonyl (C=O) groups is 2. The minimum Gasteiger partial charge on any atom is -0.444 e. The van der Waals surface area contributed by atoms with Crippen molar-refractivity contribution in [1.82, 2.24) is 15.2 Å². The SMILES string of the molecule is Cc1nc(CN2C(=O)NC3(CCSC3)C2=O)oc1C. The molecule has 2 aliphatic heterocycles. The molecule has 2 fully saturated rings. The monoisotopic (exact) mass is 281 g/mol. The Morgan fingerprint density at radius 2 is 2.26 bits per heavy atom. The Morgan fingerprint density at radius 3 is 2.84 bits per heavy atom. The highest BCUT2D eigenvalue weighted by molar-refractivity contribution is 7.99. The molecule has 0 saturated carbocycles. The number of amides is 3. The molecule has 2 aliphatic rings. The molecule has 1 atom stereocenters. The summed E-state index contributed by atoms with van der Waals surface area (Å²) >= 11 is 1.69. The Kier molecular flexibility index (Phi) is 2.81. The quantitative estimate of drug-likeness (QED) is 0.825. The van der Waals surface area contributed by atoms with E-state index in [1.807, 2.05) is 13.8 Å². The third kappa shape index (κ3) is 1.92. The number of aryl methyl sites for hydroxylation is 2. The number of nitrogens with zero attached hydrogens (tertiary/aromatic N) is 2. The minimum absolute atomic E-state index is 0.103. The Hall–Kier alpha value is -1.50. The number of hydrogen-bond donors (Lipinski definition) is 1. The molecule has 0 aliphatic carbocycles. The molecule has 0 bridgehead atoms. The maximum atomic E-state index is 12.4. The summed E-state index contributed by atoms with van der Waals surface area (Å²) in [4.78, 5) is 29.8. The molecular weight excluding hydrogens is 266 g/mol. The average molecular weight is 281 g/mol. The van der Waals surface area contributed by atoms with Gasteiger partial charge in [0, 0.05) is 5.75 Å². The van der Waals surface area contributed by atoms with Crippen molar-refractivity contribution in [1.29, 1.82) is 0 Å². The standard InChI is InChI=1S/C12H15N3O3S/c1-7-8(2)18-9(13-7)5-15-10(16)12(14-11(15)17)3-4-19-6-12/h3-6H2,1-2H3,(H,14,17). The fourth-order valence-electron chi connectivity index (χ4n) is 2.39. The van der Waals surface area contributed by atoms with Gasteiger partial charge in [-0.1, -0.05) is 0 Å². The first-order valence-corrected chi connectivity index (χ1v) is 7.32. The molecule has 0 aromatic carbocycles. The Balaban J connectivity index is 1.81. The van der Waals surface area contributed by atoms with Gasteiger partial charge in [0.2, 0.25) is 5.89 Å². The van der Waals surface area contributed by atoms with Gasteiger partial charge in [0.15, 0.2) is 0 Å². The first kappa shape index (κ1) is 12.5. The van der Waals surface area contributed by atoms with Crippen LogP contribution in [-0.2, 0) is 11.3 Å². The number of thioether (sulfide) groups is 1. The number of oxazole rings is 1. The van der Waals surface area contributed by atoms with Gasteiger partial charge in [-0.15, -0.1) is 0 Å². The van der Waals surface area contributed by atoms with Crippen LogP contribution in [0, 0.1) is 13.8 Å². The van der Waals surface area contributed by atoms with E-state index in [9.17, 15) is 9.59 Å². The van der Waals surface area contributed by atoms with Gasteiger partial charge in [-0.2, -0.15) is 11.8 Å². The van der Waals surface area contributed by atoms with E-state index in [2.05, 4.69) is 10.3 Å². The van der Waals surface area contributed by atoms with Gasteiger partial charge in [-0.3, -0.25) is 9.69 Å². The van der Waals surface area contributed by atoms with Crippen LogP contribution in [0.2, 0.25) is 0 Å². The molecule has 7 heteroatoms. The Morgan fingerprint density at radius 1 is 1.47 bits per heavy atom. The molecular formula is C12H15N3O3S.